The number of aromatic nitrogens is 2. The Morgan fingerprint density at radius 2 is 2.32 bits per heavy atom. The van der Waals surface area contributed by atoms with Gasteiger partial charge >= 0.3 is 0 Å². The summed E-state index contributed by atoms with van der Waals surface area (Å²) >= 11 is 0. The molecule has 1 aromatic rings. The highest BCUT2D eigenvalue weighted by Gasteiger charge is 2.16. The highest BCUT2D eigenvalue weighted by Crippen LogP contribution is 2.06. The number of nitrogens with two attached hydrogens (primary N) is 1. The molecule has 1 heterocycles. The number of nitrogen functional groups attached to an aromatic ring is 1. The topological polar surface area (TPSA) is 76.5 Å². The normalized spacial score (nSPS) is 14.8. The van der Waals surface area contributed by atoms with Gasteiger partial charge in [-0.05, 0) is 13.3 Å². The summed E-state index contributed by atoms with van der Waals surface area (Å²) in [5, 5.41) is 14.2. The SMILES string of the molecule is CCC(C)N(CCOC)CC(O)Cn1cc(N)cn1. The van der Waals surface area contributed by atoms with Crippen LogP contribution in [-0.4, -0.2) is 58.7 Å². The summed E-state index contributed by atoms with van der Waals surface area (Å²) in [5.41, 5.74) is 6.22. The summed E-state index contributed by atoms with van der Waals surface area (Å²) in [6.07, 6.45) is 3.89. The molecule has 2 atom stereocenters. The summed E-state index contributed by atoms with van der Waals surface area (Å²) in [7, 11) is 1.69. The Morgan fingerprint density at radius 3 is 2.84 bits per heavy atom. The Bertz CT molecular complexity index is 356. The molecule has 110 valence electrons. The molecule has 0 bridgehead atoms. The average molecular weight is 270 g/mol. The highest BCUT2D eigenvalue weighted by atomic mass is 16.5. The van der Waals surface area contributed by atoms with Crippen LogP contribution < -0.4 is 5.73 Å². The second-order valence-electron chi connectivity index (χ2n) is 4.89. The van der Waals surface area contributed by atoms with E-state index in [-0.39, 0.29) is 0 Å². The highest BCUT2D eigenvalue weighted by molar-refractivity contribution is 5.30. The molecule has 0 radical (unpaired) electrons. The molecule has 0 spiro atoms. The van der Waals surface area contributed by atoms with Gasteiger partial charge in [0.25, 0.3) is 0 Å². The predicted molar refractivity (Wildman–Crippen MR) is 75.8 cm³/mol. The Morgan fingerprint density at radius 1 is 1.58 bits per heavy atom. The third-order valence-electron chi connectivity index (χ3n) is 3.29. The lowest BCUT2D eigenvalue weighted by Gasteiger charge is -2.30. The van der Waals surface area contributed by atoms with Gasteiger partial charge < -0.3 is 15.6 Å². The quantitative estimate of drug-likeness (QED) is 0.686. The van der Waals surface area contributed by atoms with Gasteiger partial charge in [-0.25, -0.2) is 0 Å². The number of nitrogens with zero attached hydrogens (tertiary/aromatic N) is 3. The van der Waals surface area contributed by atoms with Crippen LogP contribution in [0, 0.1) is 0 Å². The third-order valence-corrected chi connectivity index (χ3v) is 3.29. The van der Waals surface area contributed by atoms with E-state index in [4.69, 9.17) is 10.5 Å². The van der Waals surface area contributed by atoms with Crippen molar-refractivity contribution in [2.75, 3.05) is 32.5 Å². The molecule has 6 nitrogen and oxygen atoms in total. The number of methoxy groups -OCH3 is 1. The largest absolute Gasteiger partial charge is 0.396 e. The smallest absolute Gasteiger partial charge is 0.0862 e. The van der Waals surface area contributed by atoms with Crippen molar-refractivity contribution >= 4 is 5.69 Å². The van der Waals surface area contributed by atoms with Crippen LogP contribution in [0.25, 0.3) is 0 Å². The van der Waals surface area contributed by atoms with Crippen LogP contribution in [0.5, 0.6) is 0 Å². The van der Waals surface area contributed by atoms with Crippen LogP contribution in [0.15, 0.2) is 12.4 Å². The number of hydrogen-bond donors (Lipinski definition) is 2. The Kier molecular flexibility index (Phi) is 6.83. The van der Waals surface area contributed by atoms with Crippen molar-refractivity contribution in [1.82, 2.24) is 14.7 Å². The van der Waals surface area contributed by atoms with Crippen molar-refractivity contribution in [3.63, 3.8) is 0 Å². The molecule has 0 saturated carbocycles. The monoisotopic (exact) mass is 270 g/mol. The van der Waals surface area contributed by atoms with E-state index >= 15 is 0 Å². The van der Waals surface area contributed by atoms with Crippen molar-refractivity contribution < 1.29 is 9.84 Å². The van der Waals surface area contributed by atoms with Gasteiger partial charge in [-0.15, -0.1) is 0 Å². The van der Waals surface area contributed by atoms with E-state index in [2.05, 4.69) is 23.8 Å². The molecule has 2 unspecified atom stereocenters. The van der Waals surface area contributed by atoms with E-state index < -0.39 is 6.10 Å². The maximum atomic E-state index is 10.1. The summed E-state index contributed by atoms with van der Waals surface area (Å²) in [5.74, 6) is 0. The maximum absolute atomic E-state index is 10.1. The fraction of sp³-hybridized carbons (Fsp3) is 0.769. The first kappa shape index (κ1) is 15.9. The Hall–Kier alpha value is -1.11. The fourth-order valence-electron chi connectivity index (χ4n) is 1.98. The van der Waals surface area contributed by atoms with Gasteiger partial charge in [-0.1, -0.05) is 6.92 Å². The van der Waals surface area contributed by atoms with Crippen molar-refractivity contribution in [3.05, 3.63) is 12.4 Å². The molecule has 0 amide bonds. The molecule has 0 aliphatic rings. The van der Waals surface area contributed by atoms with E-state index in [1.54, 1.807) is 24.2 Å². The summed E-state index contributed by atoms with van der Waals surface area (Å²) in [6.45, 7) is 6.87. The summed E-state index contributed by atoms with van der Waals surface area (Å²) in [4.78, 5) is 2.24. The number of hydrogen-bond acceptors (Lipinski definition) is 5. The second kappa shape index (κ2) is 8.14. The second-order valence-corrected chi connectivity index (χ2v) is 4.89. The van der Waals surface area contributed by atoms with Gasteiger partial charge in [0, 0.05) is 32.4 Å². The molecule has 0 aliphatic heterocycles. The van der Waals surface area contributed by atoms with Crippen molar-refractivity contribution in [2.24, 2.45) is 0 Å². The number of anilines is 1. The maximum Gasteiger partial charge on any atom is 0.0862 e. The molecular weight excluding hydrogens is 244 g/mol. The Labute approximate surface area is 115 Å². The van der Waals surface area contributed by atoms with Crippen LogP contribution in [0.1, 0.15) is 20.3 Å². The lowest BCUT2D eigenvalue weighted by atomic mass is 10.2. The summed E-state index contributed by atoms with van der Waals surface area (Å²) < 4.78 is 6.78. The van der Waals surface area contributed by atoms with Crippen LogP contribution in [0.2, 0.25) is 0 Å². The number of rotatable bonds is 9. The zero-order valence-electron chi connectivity index (χ0n) is 12.1. The summed E-state index contributed by atoms with van der Waals surface area (Å²) in [6, 6.07) is 0.424. The standard InChI is InChI=1S/C13H26N4O2/c1-4-11(2)16(5-6-19-3)9-13(18)10-17-8-12(14)7-15-17/h7-8,11,13,18H,4-6,9-10,14H2,1-3H3. The van der Waals surface area contributed by atoms with Gasteiger partial charge in [-0.2, -0.15) is 5.10 Å². The van der Waals surface area contributed by atoms with Crippen LogP contribution in [-0.2, 0) is 11.3 Å². The lowest BCUT2D eigenvalue weighted by Crippen LogP contribution is -2.42. The molecule has 1 aromatic heterocycles. The van der Waals surface area contributed by atoms with E-state index in [0.717, 1.165) is 13.0 Å². The fourth-order valence-corrected chi connectivity index (χ4v) is 1.98. The van der Waals surface area contributed by atoms with Crippen LogP contribution in [0.4, 0.5) is 5.69 Å². The first-order chi connectivity index (χ1) is 9.06. The van der Waals surface area contributed by atoms with Crippen molar-refractivity contribution in [2.45, 2.75) is 39.0 Å². The minimum Gasteiger partial charge on any atom is -0.396 e. The molecule has 0 saturated heterocycles. The first-order valence-corrected chi connectivity index (χ1v) is 6.75. The third kappa shape index (κ3) is 5.59. The van der Waals surface area contributed by atoms with E-state index in [9.17, 15) is 5.11 Å². The number of aliphatic hydroxyl groups excluding tert-OH is 1. The molecule has 3 N–H and O–H groups in total. The van der Waals surface area contributed by atoms with Gasteiger partial charge in [0.05, 0.1) is 31.1 Å². The van der Waals surface area contributed by atoms with Crippen molar-refractivity contribution in [3.8, 4) is 0 Å². The Balaban J connectivity index is 2.47. The van der Waals surface area contributed by atoms with E-state index in [1.807, 2.05) is 0 Å². The lowest BCUT2D eigenvalue weighted by molar-refractivity contribution is 0.0573. The van der Waals surface area contributed by atoms with Crippen LogP contribution in [0.3, 0.4) is 0 Å². The number of aliphatic hydroxyl groups is 1. The molecule has 6 heteroatoms. The van der Waals surface area contributed by atoms with Gasteiger partial charge in [0.2, 0.25) is 0 Å². The molecule has 1 rings (SSSR count). The van der Waals surface area contributed by atoms with Gasteiger partial charge in [-0.3, -0.25) is 9.58 Å². The molecular formula is C13H26N4O2. The zero-order chi connectivity index (χ0) is 14.3. The zero-order valence-corrected chi connectivity index (χ0v) is 12.1. The minimum absolute atomic E-state index is 0.424. The molecule has 0 aromatic carbocycles. The average Bonchev–Trinajstić information content (AvgIpc) is 2.78. The molecule has 19 heavy (non-hydrogen) atoms. The molecule has 0 fully saturated rings. The van der Waals surface area contributed by atoms with Crippen LogP contribution >= 0.6 is 0 Å². The minimum atomic E-state index is -0.467. The van der Waals surface area contributed by atoms with Gasteiger partial charge in [0.1, 0.15) is 0 Å². The van der Waals surface area contributed by atoms with Gasteiger partial charge in [0.15, 0.2) is 0 Å². The van der Waals surface area contributed by atoms with E-state index in [0.29, 0.717) is 31.4 Å². The molecule has 0 aliphatic carbocycles. The first-order valence-electron chi connectivity index (χ1n) is 6.75. The predicted octanol–water partition coefficient (Wildman–Crippen LogP) is 0.573. The van der Waals surface area contributed by atoms with Crippen molar-refractivity contribution in [1.29, 1.82) is 0 Å². The number of ether oxygens (including phenoxy) is 1. The van der Waals surface area contributed by atoms with E-state index in [1.165, 1.54) is 0 Å².